The molecule has 5 nitrogen and oxygen atoms in total. The van der Waals surface area contributed by atoms with Crippen LogP contribution in [0.4, 0.5) is 0 Å². The number of amides is 3. The number of hydrogen-bond acceptors (Lipinski definition) is 3. The molecule has 0 unspecified atom stereocenters. The normalized spacial score (nSPS) is 18.8. The second-order valence-corrected chi connectivity index (χ2v) is 7.64. The maximum Gasteiger partial charge on any atom is 0.262 e. The van der Waals surface area contributed by atoms with Crippen LogP contribution in [0.3, 0.4) is 0 Å². The molecule has 2 aliphatic rings. The average molecular weight is 376 g/mol. The molecule has 0 bridgehead atoms. The lowest BCUT2D eigenvalue weighted by molar-refractivity contribution is -0.125. The van der Waals surface area contributed by atoms with E-state index in [2.05, 4.69) is 5.32 Å². The summed E-state index contributed by atoms with van der Waals surface area (Å²) in [5, 5.41) is 3.13. The van der Waals surface area contributed by atoms with E-state index in [0.717, 1.165) is 36.1 Å². The Morgan fingerprint density at radius 1 is 0.929 bits per heavy atom. The zero-order valence-electron chi connectivity index (χ0n) is 15.9. The summed E-state index contributed by atoms with van der Waals surface area (Å²) in [6.45, 7) is 1.62. The monoisotopic (exact) mass is 376 g/mol. The maximum atomic E-state index is 13.1. The van der Waals surface area contributed by atoms with Gasteiger partial charge in [0.15, 0.2) is 0 Å². The van der Waals surface area contributed by atoms with E-state index in [1.54, 1.807) is 31.2 Å². The minimum atomic E-state index is -0.861. The standard InChI is InChI=1S/C23H24N2O3/c1-15(25-22(27)18-13-7-8-14-19(18)23(25)28)21(26)24-20(17-11-5-6-12-17)16-9-3-2-4-10-16/h2-4,7-10,13-15,17,20H,5-6,11-12H2,1H3,(H,24,26)/t15-,20-/m0/s1. The number of rotatable bonds is 5. The maximum absolute atomic E-state index is 13.1. The Kier molecular flexibility index (Phi) is 4.99. The first kappa shape index (κ1) is 18.4. The molecule has 28 heavy (non-hydrogen) atoms. The molecule has 2 atom stereocenters. The molecule has 2 aromatic rings. The van der Waals surface area contributed by atoms with Gasteiger partial charge < -0.3 is 5.32 Å². The van der Waals surface area contributed by atoms with Gasteiger partial charge >= 0.3 is 0 Å². The summed E-state index contributed by atoms with van der Waals surface area (Å²) in [5.41, 5.74) is 1.79. The van der Waals surface area contributed by atoms with Gasteiger partial charge in [-0.05, 0) is 43.4 Å². The predicted octanol–water partition coefficient (Wildman–Crippen LogP) is 3.72. The molecule has 0 spiro atoms. The number of benzene rings is 2. The van der Waals surface area contributed by atoms with E-state index in [4.69, 9.17) is 0 Å². The van der Waals surface area contributed by atoms with E-state index in [1.165, 1.54) is 0 Å². The van der Waals surface area contributed by atoms with E-state index in [0.29, 0.717) is 17.0 Å². The fourth-order valence-corrected chi connectivity index (χ4v) is 4.38. The van der Waals surface area contributed by atoms with Gasteiger partial charge in [-0.2, -0.15) is 0 Å². The molecule has 5 heteroatoms. The van der Waals surface area contributed by atoms with Crippen molar-refractivity contribution in [3.63, 3.8) is 0 Å². The Labute approximate surface area is 164 Å². The van der Waals surface area contributed by atoms with Crippen molar-refractivity contribution in [3.8, 4) is 0 Å². The second kappa shape index (κ2) is 7.58. The molecule has 1 N–H and O–H groups in total. The van der Waals surface area contributed by atoms with Gasteiger partial charge in [0, 0.05) is 0 Å². The van der Waals surface area contributed by atoms with E-state index in [1.807, 2.05) is 30.3 Å². The molecule has 1 fully saturated rings. The van der Waals surface area contributed by atoms with Gasteiger partial charge in [0.05, 0.1) is 17.2 Å². The summed E-state index contributed by atoms with van der Waals surface area (Å²) in [6, 6.07) is 15.7. The Bertz CT molecular complexity index is 868. The van der Waals surface area contributed by atoms with Crippen molar-refractivity contribution < 1.29 is 14.4 Å². The van der Waals surface area contributed by atoms with Crippen LogP contribution in [0.25, 0.3) is 0 Å². The number of imide groups is 1. The van der Waals surface area contributed by atoms with E-state index >= 15 is 0 Å². The highest BCUT2D eigenvalue weighted by Crippen LogP contribution is 2.36. The molecule has 1 aliphatic carbocycles. The minimum Gasteiger partial charge on any atom is -0.347 e. The molecule has 3 amide bonds. The zero-order valence-corrected chi connectivity index (χ0v) is 15.9. The van der Waals surface area contributed by atoms with Crippen LogP contribution < -0.4 is 5.32 Å². The molecular formula is C23H24N2O3. The van der Waals surface area contributed by atoms with Crippen LogP contribution in [-0.4, -0.2) is 28.7 Å². The van der Waals surface area contributed by atoms with Gasteiger partial charge in [-0.15, -0.1) is 0 Å². The largest absolute Gasteiger partial charge is 0.347 e. The molecule has 0 aromatic heterocycles. The molecular weight excluding hydrogens is 352 g/mol. The van der Waals surface area contributed by atoms with Crippen LogP contribution in [-0.2, 0) is 4.79 Å². The lowest BCUT2D eigenvalue weighted by Crippen LogP contribution is -2.49. The molecule has 4 rings (SSSR count). The van der Waals surface area contributed by atoms with Crippen LogP contribution in [0.15, 0.2) is 54.6 Å². The van der Waals surface area contributed by atoms with Crippen molar-refractivity contribution in [3.05, 3.63) is 71.3 Å². The summed E-state index contributed by atoms with van der Waals surface area (Å²) in [6.07, 6.45) is 4.47. The molecule has 0 saturated heterocycles. The van der Waals surface area contributed by atoms with Crippen LogP contribution >= 0.6 is 0 Å². The molecule has 144 valence electrons. The molecule has 0 radical (unpaired) electrons. The third-order valence-corrected chi connectivity index (χ3v) is 5.92. The van der Waals surface area contributed by atoms with E-state index in [9.17, 15) is 14.4 Å². The number of fused-ring (bicyclic) bond motifs is 1. The Hall–Kier alpha value is -2.95. The Balaban J connectivity index is 1.55. The summed E-state index contributed by atoms with van der Waals surface area (Å²) in [7, 11) is 0. The van der Waals surface area contributed by atoms with Crippen molar-refractivity contribution in [2.24, 2.45) is 5.92 Å². The summed E-state index contributed by atoms with van der Waals surface area (Å²) in [5.74, 6) is -0.725. The summed E-state index contributed by atoms with van der Waals surface area (Å²) >= 11 is 0. The van der Waals surface area contributed by atoms with Crippen LogP contribution in [0.1, 0.15) is 64.9 Å². The third kappa shape index (κ3) is 3.21. The van der Waals surface area contributed by atoms with Crippen molar-refractivity contribution in [2.45, 2.75) is 44.7 Å². The highest BCUT2D eigenvalue weighted by molar-refractivity contribution is 6.22. The lowest BCUT2D eigenvalue weighted by Gasteiger charge is -2.29. The molecule has 1 aliphatic heterocycles. The first-order valence-electron chi connectivity index (χ1n) is 9.90. The minimum absolute atomic E-state index is 0.103. The molecule has 2 aromatic carbocycles. The lowest BCUT2D eigenvalue weighted by atomic mass is 9.91. The highest BCUT2D eigenvalue weighted by Gasteiger charge is 2.41. The van der Waals surface area contributed by atoms with Crippen LogP contribution in [0, 0.1) is 5.92 Å². The van der Waals surface area contributed by atoms with Crippen LogP contribution in [0.2, 0.25) is 0 Å². The van der Waals surface area contributed by atoms with Crippen molar-refractivity contribution in [2.75, 3.05) is 0 Å². The fourth-order valence-electron chi connectivity index (χ4n) is 4.38. The number of carbonyl (C=O) groups is 3. The Morgan fingerprint density at radius 2 is 1.46 bits per heavy atom. The average Bonchev–Trinajstić information content (AvgIpc) is 3.34. The molecule has 1 heterocycles. The third-order valence-electron chi connectivity index (χ3n) is 5.92. The predicted molar refractivity (Wildman–Crippen MR) is 106 cm³/mol. The first-order valence-corrected chi connectivity index (χ1v) is 9.90. The van der Waals surface area contributed by atoms with Crippen molar-refractivity contribution >= 4 is 17.7 Å². The zero-order chi connectivity index (χ0) is 19.7. The van der Waals surface area contributed by atoms with Crippen molar-refractivity contribution in [1.82, 2.24) is 10.2 Å². The van der Waals surface area contributed by atoms with Gasteiger partial charge in [0.25, 0.3) is 11.8 Å². The smallest absolute Gasteiger partial charge is 0.262 e. The van der Waals surface area contributed by atoms with Gasteiger partial charge in [-0.1, -0.05) is 55.3 Å². The van der Waals surface area contributed by atoms with Gasteiger partial charge in [0.2, 0.25) is 5.91 Å². The topological polar surface area (TPSA) is 66.5 Å². The highest BCUT2D eigenvalue weighted by atomic mass is 16.2. The SMILES string of the molecule is C[C@@H](C(=O)N[C@@H](c1ccccc1)C1CCCC1)N1C(=O)c2ccccc2C1=O. The van der Waals surface area contributed by atoms with Gasteiger partial charge in [-0.25, -0.2) is 0 Å². The van der Waals surface area contributed by atoms with Gasteiger partial charge in [0.1, 0.15) is 6.04 Å². The fraction of sp³-hybridized carbons (Fsp3) is 0.348. The quantitative estimate of drug-likeness (QED) is 0.809. The summed E-state index contributed by atoms with van der Waals surface area (Å²) < 4.78 is 0. The summed E-state index contributed by atoms with van der Waals surface area (Å²) in [4.78, 5) is 39.5. The molecule has 1 saturated carbocycles. The number of nitrogens with zero attached hydrogens (tertiary/aromatic N) is 1. The van der Waals surface area contributed by atoms with Gasteiger partial charge in [-0.3, -0.25) is 19.3 Å². The van der Waals surface area contributed by atoms with E-state index < -0.39 is 17.9 Å². The van der Waals surface area contributed by atoms with Crippen LogP contribution in [0.5, 0.6) is 0 Å². The second-order valence-electron chi connectivity index (χ2n) is 7.64. The van der Waals surface area contributed by atoms with Crippen molar-refractivity contribution in [1.29, 1.82) is 0 Å². The number of nitrogens with one attached hydrogen (secondary N) is 1. The van der Waals surface area contributed by atoms with E-state index in [-0.39, 0.29) is 11.9 Å². The first-order chi connectivity index (χ1) is 13.6. The number of carbonyl (C=O) groups excluding carboxylic acids is 3. The Morgan fingerprint density at radius 3 is 2.04 bits per heavy atom. The number of hydrogen-bond donors (Lipinski definition) is 1.